The van der Waals surface area contributed by atoms with E-state index in [2.05, 4.69) is 352 Å². The minimum Gasteiger partial charge on any atom is -0.311 e. The molecule has 84 heavy (non-hydrogen) atoms. The van der Waals surface area contributed by atoms with Gasteiger partial charge in [-0.2, -0.15) is 0 Å². The molecule has 394 valence electrons. The molecule has 14 aromatic rings. The number of fused-ring (bicyclic) bond motifs is 7. The quantitative estimate of drug-likeness (QED) is 0.120. The lowest BCUT2D eigenvalue weighted by Gasteiger charge is -2.44. The van der Waals surface area contributed by atoms with Crippen molar-refractivity contribution in [2.24, 2.45) is 0 Å². The number of nitrogens with zero attached hydrogens (tertiary/aromatic N) is 5. The van der Waals surface area contributed by atoms with Gasteiger partial charge in [-0.15, -0.1) is 0 Å². The SMILES string of the molecule is c1ccc(N(c2ccccc2)c2cccc(-c3ccc4c(c3)B3c5cc(-c6cccc(N(c7ccccc7)c7ccccc7)c6)ccc5N(c5ccccc5)c5cc(-n6c7ccccc7c7ccccc76)cc(c53)N4c3ccccc3)c2)cc1. The maximum atomic E-state index is 2.53. The zero-order chi connectivity index (χ0) is 55.5. The Bertz CT molecular complexity index is 4370. The minimum absolute atomic E-state index is 0.173. The van der Waals surface area contributed by atoms with Crippen LogP contribution in [0.25, 0.3) is 49.7 Å². The number of rotatable bonds is 11. The number of aromatic nitrogens is 1. The van der Waals surface area contributed by atoms with Crippen LogP contribution in [-0.4, -0.2) is 11.3 Å². The summed E-state index contributed by atoms with van der Waals surface area (Å²) in [7, 11) is 0. The Morgan fingerprint density at radius 1 is 0.238 bits per heavy atom. The van der Waals surface area contributed by atoms with Crippen molar-refractivity contribution in [3.63, 3.8) is 0 Å². The number of hydrogen-bond donors (Lipinski definition) is 0. The second-order valence-corrected chi connectivity index (χ2v) is 21.7. The molecule has 0 spiro atoms. The Labute approximate surface area is 490 Å². The monoisotopic (exact) mass is 1070 g/mol. The van der Waals surface area contributed by atoms with Gasteiger partial charge in [-0.1, -0.05) is 194 Å². The summed E-state index contributed by atoms with van der Waals surface area (Å²) in [5.41, 5.74) is 25.1. The molecule has 0 saturated heterocycles. The van der Waals surface area contributed by atoms with Gasteiger partial charge in [-0.3, -0.25) is 0 Å². The number of para-hydroxylation sites is 8. The summed E-state index contributed by atoms with van der Waals surface area (Å²) >= 11 is 0. The third-order valence-corrected chi connectivity index (χ3v) is 16.9. The van der Waals surface area contributed by atoms with Gasteiger partial charge in [0.15, 0.2) is 0 Å². The Morgan fingerprint density at radius 3 is 0.964 bits per heavy atom. The fourth-order valence-electron chi connectivity index (χ4n) is 13.2. The van der Waals surface area contributed by atoms with E-state index < -0.39 is 0 Å². The van der Waals surface area contributed by atoms with Gasteiger partial charge >= 0.3 is 0 Å². The van der Waals surface area contributed by atoms with E-state index >= 15 is 0 Å². The second-order valence-electron chi connectivity index (χ2n) is 21.7. The third kappa shape index (κ3) is 8.26. The molecule has 0 amide bonds. The first kappa shape index (κ1) is 48.8. The second kappa shape index (κ2) is 20.5. The average molecular weight is 1070 g/mol. The van der Waals surface area contributed by atoms with E-state index in [1.165, 1.54) is 38.2 Å². The van der Waals surface area contributed by atoms with Gasteiger partial charge in [0, 0.05) is 79.0 Å². The van der Waals surface area contributed by atoms with E-state index in [1.807, 2.05) is 0 Å². The third-order valence-electron chi connectivity index (χ3n) is 16.9. The highest BCUT2D eigenvalue weighted by Crippen LogP contribution is 2.48. The fourth-order valence-corrected chi connectivity index (χ4v) is 13.2. The van der Waals surface area contributed by atoms with Crippen LogP contribution in [0.4, 0.5) is 68.2 Å². The number of hydrogen-bond acceptors (Lipinski definition) is 4. The van der Waals surface area contributed by atoms with Crippen molar-refractivity contribution in [2.45, 2.75) is 0 Å². The zero-order valence-corrected chi connectivity index (χ0v) is 46.0. The zero-order valence-electron chi connectivity index (χ0n) is 46.0. The van der Waals surface area contributed by atoms with Gasteiger partial charge < -0.3 is 24.2 Å². The predicted octanol–water partition coefficient (Wildman–Crippen LogP) is 19.1. The van der Waals surface area contributed by atoms with Gasteiger partial charge in [-0.05, 0) is 172 Å². The standard InChI is InChI=1S/C78H54BN5/c1-7-27-59(28-8-1)80(60-29-9-2-10-30-60)65-39-23-25-55(49-65)57-45-47-74-70(51-57)79-71-52-58(56-26-24-40-66(50-56)81(61-31-11-3-12-32-61)62-33-13-4-14-34-62)46-48-75(71)83(64-37-17-6-18-38-64)77-54-67(53-76(78(77)79)82(74)63-35-15-5-16-36-63)84-72-43-21-19-41-68(72)69-42-20-22-44-73(69)84/h1-54H. The molecule has 1 aromatic heterocycles. The topological polar surface area (TPSA) is 17.9 Å². The van der Waals surface area contributed by atoms with Crippen molar-refractivity contribution in [1.29, 1.82) is 0 Å². The molecular formula is C78H54BN5. The minimum atomic E-state index is -0.173. The van der Waals surface area contributed by atoms with E-state index in [4.69, 9.17) is 0 Å². The van der Waals surface area contributed by atoms with Crippen molar-refractivity contribution >= 4 is 113 Å². The highest BCUT2D eigenvalue weighted by atomic mass is 15.2. The van der Waals surface area contributed by atoms with Crippen molar-refractivity contribution in [2.75, 3.05) is 19.6 Å². The van der Waals surface area contributed by atoms with Gasteiger partial charge in [0.05, 0.1) is 16.7 Å². The summed E-state index contributed by atoms with van der Waals surface area (Å²) in [6.45, 7) is -0.173. The highest BCUT2D eigenvalue weighted by molar-refractivity contribution is 7.00. The molecule has 3 heterocycles. The van der Waals surface area contributed by atoms with Gasteiger partial charge in [0.1, 0.15) is 0 Å². The van der Waals surface area contributed by atoms with Crippen LogP contribution >= 0.6 is 0 Å². The summed E-state index contributed by atoms with van der Waals surface area (Å²) < 4.78 is 2.47. The maximum absolute atomic E-state index is 2.53. The van der Waals surface area contributed by atoms with Crippen LogP contribution in [0.15, 0.2) is 328 Å². The predicted molar refractivity (Wildman–Crippen MR) is 355 cm³/mol. The van der Waals surface area contributed by atoms with Crippen molar-refractivity contribution in [1.82, 2.24) is 4.57 Å². The first-order chi connectivity index (χ1) is 41.7. The molecule has 0 aliphatic carbocycles. The Balaban J connectivity index is 0.953. The molecule has 2 aliphatic heterocycles. The molecule has 0 atom stereocenters. The van der Waals surface area contributed by atoms with Gasteiger partial charge in [0.2, 0.25) is 0 Å². The lowest BCUT2D eigenvalue weighted by atomic mass is 9.33. The van der Waals surface area contributed by atoms with E-state index in [9.17, 15) is 0 Å². The molecule has 2 aliphatic rings. The largest absolute Gasteiger partial charge is 0.311 e. The summed E-state index contributed by atoms with van der Waals surface area (Å²) in [5, 5.41) is 2.46. The first-order valence-corrected chi connectivity index (χ1v) is 28.9. The Kier molecular flexibility index (Phi) is 11.9. The lowest BCUT2D eigenvalue weighted by Crippen LogP contribution is -2.61. The molecule has 0 unspecified atom stereocenters. The van der Waals surface area contributed by atoms with Crippen molar-refractivity contribution in [3.8, 4) is 27.9 Å². The fraction of sp³-hybridized carbons (Fsp3) is 0. The Morgan fingerprint density at radius 2 is 0.571 bits per heavy atom. The molecule has 0 radical (unpaired) electrons. The molecule has 0 saturated carbocycles. The van der Waals surface area contributed by atoms with Gasteiger partial charge in [0.25, 0.3) is 6.71 Å². The molecule has 16 rings (SSSR count). The number of benzene rings is 13. The molecule has 0 fully saturated rings. The van der Waals surface area contributed by atoms with Crippen molar-refractivity contribution in [3.05, 3.63) is 328 Å². The van der Waals surface area contributed by atoms with Crippen LogP contribution in [0.5, 0.6) is 0 Å². The van der Waals surface area contributed by atoms with Crippen LogP contribution in [-0.2, 0) is 0 Å². The Hall–Kier alpha value is -11.1. The molecular weight excluding hydrogens is 1020 g/mol. The van der Waals surface area contributed by atoms with Crippen LogP contribution in [0, 0.1) is 0 Å². The van der Waals surface area contributed by atoms with Crippen molar-refractivity contribution < 1.29 is 0 Å². The number of anilines is 12. The van der Waals surface area contributed by atoms with Crippen LogP contribution in [0.2, 0.25) is 0 Å². The van der Waals surface area contributed by atoms with E-state index in [0.29, 0.717) is 0 Å². The normalized spacial score (nSPS) is 12.2. The molecule has 5 nitrogen and oxygen atoms in total. The molecule has 13 aromatic carbocycles. The van der Waals surface area contributed by atoms with E-state index in [0.717, 1.165) is 96.2 Å². The van der Waals surface area contributed by atoms with Gasteiger partial charge in [-0.25, -0.2) is 0 Å². The summed E-state index contributed by atoms with van der Waals surface area (Å²) in [6, 6.07) is 120. The smallest absolute Gasteiger partial charge is 0.252 e. The van der Waals surface area contributed by atoms with Crippen LogP contribution < -0.4 is 36.0 Å². The highest BCUT2D eigenvalue weighted by Gasteiger charge is 2.44. The molecule has 0 bridgehead atoms. The van der Waals surface area contributed by atoms with E-state index in [-0.39, 0.29) is 6.71 Å². The van der Waals surface area contributed by atoms with E-state index in [1.54, 1.807) is 0 Å². The van der Waals surface area contributed by atoms with Crippen LogP contribution in [0.3, 0.4) is 0 Å². The summed E-state index contributed by atoms with van der Waals surface area (Å²) in [4.78, 5) is 9.75. The lowest BCUT2D eigenvalue weighted by molar-refractivity contribution is 1.16. The summed E-state index contributed by atoms with van der Waals surface area (Å²) in [5.74, 6) is 0. The maximum Gasteiger partial charge on any atom is 0.252 e. The summed E-state index contributed by atoms with van der Waals surface area (Å²) in [6.07, 6.45) is 0. The average Bonchev–Trinajstić information content (AvgIpc) is 0.970. The molecule has 6 heteroatoms. The van der Waals surface area contributed by atoms with Crippen LogP contribution in [0.1, 0.15) is 0 Å². The molecule has 0 N–H and O–H groups in total. The first-order valence-electron chi connectivity index (χ1n) is 28.9.